The first-order valence-corrected chi connectivity index (χ1v) is 7.96. The van der Waals surface area contributed by atoms with Gasteiger partial charge in [0.05, 0.1) is 12.9 Å². The summed E-state index contributed by atoms with van der Waals surface area (Å²) in [6, 6.07) is 0.631. The molecule has 1 saturated heterocycles. The number of rotatable bonds is 6. The van der Waals surface area contributed by atoms with Crippen molar-refractivity contribution in [2.75, 3.05) is 19.6 Å². The average Bonchev–Trinajstić information content (AvgIpc) is 3.14. The first kappa shape index (κ1) is 15.0. The van der Waals surface area contributed by atoms with Gasteiger partial charge in [-0.3, -0.25) is 14.5 Å². The second-order valence-electron chi connectivity index (χ2n) is 6.19. The summed E-state index contributed by atoms with van der Waals surface area (Å²) in [7, 11) is 0. The van der Waals surface area contributed by atoms with Crippen LogP contribution in [-0.2, 0) is 16.1 Å². The van der Waals surface area contributed by atoms with Crippen molar-refractivity contribution in [2.45, 2.75) is 44.3 Å². The van der Waals surface area contributed by atoms with Crippen LogP contribution in [0, 0.1) is 0 Å². The van der Waals surface area contributed by atoms with Crippen LogP contribution in [0.4, 0.5) is 0 Å². The van der Waals surface area contributed by atoms with E-state index < -0.39 is 0 Å². The zero-order valence-electron chi connectivity index (χ0n) is 12.7. The summed E-state index contributed by atoms with van der Waals surface area (Å²) < 4.78 is 1.76. The molecule has 1 saturated carbocycles. The van der Waals surface area contributed by atoms with Gasteiger partial charge < -0.3 is 15.2 Å². The normalized spacial score (nSPS) is 19.8. The van der Waals surface area contributed by atoms with Crippen molar-refractivity contribution in [3.8, 4) is 0 Å². The lowest BCUT2D eigenvalue weighted by Crippen LogP contribution is -2.48. The maximum atomic E-state index is 11.9. The SMILES string of the molecule is O=C(CN1CCC(NC(=O)Cn2ccnc2)CC1)NC1CC1. The summed E-state index contributed by atoms with van der Waals surface area (Å²) in [6.07, 6.45) is 9.12. The number of aromatic nitrogens is 2. The lowest BCUT2D eigenvalue weighted by Gasteiger charge is -2.31. The standard InChI is InChI=1S/C15H23N5O2/c21-14(17-12-1-2-12)9-19-6-3-13(4-7-19)18-15(22)10-20-8-5-16-11-20/h5,8,11-13H,1-4,6-7,9-10H2,(H,17,21)(H,18,22). The number of hydrogen-bond donors (Lipinski definition) is 2. The van der Waals surface area contributed by atoms with Gasteiger partial charge in [-0.25, -0.2) is 4.98 Å². The summed E-state index contributed by atoms with van der Waals surface area (Å²) in [5.41, 5.74) is 0. The molecular weight excluding hydrogens is 282 g/mol. The van der Waals surface area contributed by atoms with Crippen LogP contribution in [0.15, 0.2) is 18.7 Å². The molecule has 2 amide bonds. The van der Waals surface area contributed by atoms with Crippen molar-refractivity contribution in [1.29, 1.82) is 0 Å². The molecule has 7 heteroatoms. The third kappa shape index (κ3) is 4.56. The molecule has 1 aromatic heterocycles. The number of carbonyl (C=O) groups excluding carboxylic acids is 2. The van der Waals surface area contributed by atoms with E-state index in [0.717, 1.165) is 38.8 Å². The summed E-state index contributed by atoms with van der Waals surface area (Å²) in [5, 5.41) is 6.07. The number of carbonyl (C=O) groups is 2. The van der Waals surface area contributed by atoms with E-state index >= 15 is 0 Å². The maximum absolute atomic E-state index is 11.9. The lowest BCUT2D eigenvalue weighted by molar-refractivity contribution is -0.124. The van der Waals surface area contributed by atoms with E-state index in [1.807, 2.05) is 0 Å². The number of likely N-dealkylation sites (tertiary alicyclic amines) is 1. The van der Waals surface area contributed by atoms with Crippen LogP contribution >= 0.6 is 0 Å². The molecule has 22 heavy (non-hydrogen) atoms. The maximum Gasteiger partial charge on any atom is 0.240 e. The number of amides is 2. The topological polar surface area (TPSA) is 79.3 Å². The number of hydrogen-bond acceptors (Lipinski definition) is 4. The fourth-order valence-corrected chi connectivity index (χ4v) is 2.76. The second kappa shape index (κ2) is 6.91. The zero-order valence-corrected chi connectivity index (χ0v) is 12.7. The molecule has 2 aliphatic rings. The number of nitrogens with zero attached hydrogens (tertiary/aromatic N) is 3. The summed E-state index contributed by atoms with van der Waals surface area (Å²) in [5.74, 6) is 0.146. The van der Waals surface area contributed by atoms with Crippen LogP contribution < -0.4 is 10.6 Å². The van der Waals surface area contributed by atoms with Gasteiger partial charge in [0.1, 0.15) is 6.54 Å². The van der Waals surface area contributed by atoms with Gasteiger partial charge in [-0.15, -0.1) is 0 Å². The summed E-state index contributed by atoms with van der Waals surface area (Å²) >= 11 is 0. The Balaban J connectivity index is 1.34. The fourth-order valence-electron chi connectivity index (χ4n) is 2.76. The van der Waals surface area contributed by atoms with Gasteiger partial charge in [-0.05, 0) is 25.7 Å². The first-order valence-electron chi connectivity index (χ1n) is 7.96. The molecule has 0 aromatic carbocycles. The van der Waals surface area contributed by atoms with Crippen molar-refractivity contribution < 1.29 is 9.59 Å². The molecule has 1 aromatic rings. The summed E-state index contributed by atoms with van der Waals surface area (Å²) in [6.45, 7) is 2.50. The van der Waals surface area contributed by atoms with Crippen LogP contribution in [0.2, 0.25) is 0 Å². The Labute approximate surface area is 130 Å². The minimum Gasteiger partial charge on any atom is -0.352 e. The molecule has 2 N–H and O–H groups in total. The predicted molar refractivity (Wildman–Crippen MR) is 81.0 cm³/mol. The summed E-state index contributed by atoms with van der Waals surface area (Å²) in [4.78, 5) is 29.8. The first-order chi connectivity index (χ1) is 10.7. The van der Waals surface area contributed by atoms with Crippen LogP contribution in [0.3, 0.4) is 0 Å². The van der Waals surface area contributed by atoms with Crippen LogP contribution in [0.5, 0.6) is 0 Å². The van der Waals surface area contributed by atoms with Gasteiger partial charge in [0, 0.05) is 37.6 Å². The van der Waals surface area contributed by atoms with E-state index in [-0.39, 0.29) is 17.9 Å². The van der Waals surface area contributed by atoms with Gasteiger partial charge in [0.2, 0.25) is 11.8 Å². The molecule has 2 heterocycles. The monoisotopic (exact) mass is 305 g/mol. The predicted octanol–water partition coefficient (Wildman–Crippen LogP) is -0.258. The Morgan fingerprint density at radius 2 is 1.64 bits per heavy atom. The molecular formula is C15H23N5O2. The van der Waals surface area contributed by atoms with Gasteiger partial charge in [-0.2, -0.15) is 0 Å². The third-order valence-corrected chi connectivity index (χ3v) is 4.15. The van der Waals surface area contributed by atoms with Gasteiger partial charge in [0.25, 0.3) is 0 Å². The number of imidazole rings is 1. The lowest BCUT2D eigenvalue weighted by atomic mass is 10.1. The van der Waals surface area contributed by atoms with Crippen molar-refractivity contribution in [3.63, 3.8) is 0 Å². The Morgan fingerprint density at radius 3 is 2.23 bits per heavy atom. The Kier molecular flexibility index (Phi) is 4.72. The van der Waals surface area contributed by atoms with Crippen LogP contribution in [0.25, 0.3) is 0 Å². The highest BCUT2D eigenvalue weighted by Gasteiger charge is 2.26. The van der Waals surface area contributed by atoms with Crippen molar-refractivity contribution in [2.24, 2.45) is 0 Å². The number of piperidine rings is 1. The molecule has 120 valence electrons. The number of nitrogens with one attached hydrogen (secondary N) is 2. The van der Waals surface area contributed by atoms with Crippen molar-refractivity contribution in [1.82, 2.24) is 25.1 Å². The molecule has 7 nitrogen and oxygen atoms in total. The van der Waals surface area contributed by atoms with E-state index in [9.17, 15) is 9.59 Å². The molecule has 0 bridgehead atoms. The minimum atomic E-state index is 0.0166. The molecule has 1 aliphatic heterocycles. The Hall–Kier alpha value is -1.89. The molecule has 0 spiro atoms. The highest BCUT2D eigenvalue weighted by Crippen LogP contribution is 2.18. The van der Waals surface area contributed by atoms with Gasteiger partial charge in [-0.1, -0.05) is 0 Å². The van der Waals surface area contributed by atoms with Gasteiger partial charge in [0.15, 0.2) is 0 Å². The minimum absolute atomic E-state index is 0.0166. The van der Waals surface area contributed by atoms with Gasteiger partial charge >= 0.3 is 0 Å². The van der Waals surface area contributed by atoms with E-state index in [2.05, 4.69) is 20.5 Å². The van der Waals surface area contributed by atoms with E-state index in [4.69, 9.17) is 0 Å². The van der Waals surface area contributed by atoms with E-state index in [0.29, 0.717) is 19.1 Å². The molecule has 0 atom stereocenters. The highest BCUT2D eigenvalue weighted by atomic mass is 16.2. The van der Waals surface area contributed by atoms with E-state index in [1.54, 1.807) is 23.3 Å². The molecule has 1 aliphatic carbocycles. The highest BCUT2D eigenvalue weighted by molar-refractivity contribution is 5.78. The van der Waals surface area contributed by atoms with E-state index in [1.165, 1.54) is 0 Å². The second-order valence-corrected chi connectivity index (χ2v) is 6.19. The Morgan fingerprint density at radius 1 is 1.00 bits per heavy atom. The smallest absolute Gasteiger partial charge is 0.240 e. The Bertz CT molecular complexity index is 504. The largest absolute Gasteiger partial charge is 0.352 e. The van der Waals surface area contributed by atoms with Crippen molar-refractivity contribution in [3.05, 3.63) is 18.7 Å². The fraction of sp³-hybridized carbons (Fsp3) is 0.667. The zero-order chi connectivity index (χ0) is 15.4. The van der Waals surface area contributed by atoms with Crippen LogP contribution in [0.1, 0.15) is 25.7 Å². The molecule has 0 radical (unpaired) electrons. The third-order valence-electron chi connectivity index (χ3n) is 4.15. The van der Waals surface area contributed by atoms with Crippen molar-refractivity contribution >= 4 is 11.8 Å². The van der Waals surface area contributed by atoms with Crippen LogP contribution in [-0.4, -0.2) is 58.0 Å². The molecule has 0 unspecified atom stereocenters. The molecule has 2 fully saturated rings. The quantitative estimate of drug-likeness (QED) is 0.759. The molecule has 3 rings (SSSR count). The average molecular weight is 305 g/mol.